The molecule has 2 aromatic heterocycles. The standard InChI is InChI=1S/C34H24F4N2O5/c35-25-9-21(10-26(36)13-25)17-42-29-5-1-23(2-6-29)33-15-31(44-39-33)19-41-20-32-16-34(40-45-32)24-3-7-30(8-4-24)43-18-22-11-27(37)14-28(38)12-22/h1-16H,17-20H2. The van der Waals surface area contributed by atoms with Gasteiger partial charge in [-0.2, -0.15) is 0 Å². The summed E-state index contributed by atoms with van der Waals surface area (Å²) in [6.07, 6.45) is 0. The molecule has 6 aromatic rings. The third kappa shape index (κ3) is 7.95. The van der Waals surface area contributed by atoms with Crippen molar-refractivity contribution in [3.8, 4) is 34.0 Å². The van der Waals surface area contributed by atoms with Crippen molar-refractivity contribution in [1.29, 1.82) is 0 Å². The highest BCUT2D eigenvalue weighted by molar-refractivity contribution is 5.60. The summed E-state index contributed by atoms with van der Waals surface area (Å²) in [5.41, 5.74) is 3.55. The average molecular weight is 617 g/mol. The summed E-state index contributed by atoms with van der Waals surface area (Å²) < 4.78 is 81.2. The molecule has 0 spiro atoms. The minimum Gasteiger partial charge on any atom is -0.489 e. The van der Waals surface area contributed by atoms with Crippen LogP contribution in [0.5, 0.6) is 11.5 Å². The van der Waals surface area contributed by atoms with Gasteiger partial charge in [0.25, 0.3) is 0 Å². The lowest BCUT2D eigenvalue weighted by atomic mass is 10.1. The van der Waals surface area contributed by atoms with Gasteiger partial charge in [-0.25, -0.2) is 17.6 Å². The van der Waals surface area contributed by atoms with E-state index in [0.29, 0.717) is 45.5 Å². The van der Waals surface area contributed by atoms with Gasteiger partial charge in [0.15, 0.2) is 11.5 Å². The van der Waals surface area contributed by atoms with Crippen LogP contribution < -0.4 is 9.47 Å². The second-order valence-electron chi connectivity index (χ2n) is 10.0. The quantitative estimate of drug-likeness (QED) is 0.128. The third-order valence-corrected chi connectivity index (χ3v) is 6.56. The Morgan fingerprint density at radius 1 is 0.467 bits per heavy atom. The number of ether oxygens (including phenoxy) is 3. The number of nitrogens with zero attached hydrogens (tertiary/aromatic N) is 2. The first-order valence-electron chi connectivity index (χ1n) is 13.7. The lowest BCUT2D eigenvalue weighted by Crippen LogP contribution is -1.97. The molecule has 0 atom stereocenters. The van der Waals surface area contributed by atoms with E-state index in [1.807, 2.05) is 0 Å². The number of hydrogen-bond acceptors (Lipinski definition) is 7. The van der Waals surface area contributed by atoms with Gasteiger partial charge in [-0.1, -0.05) is 10.3 Å². The molecule has 7 nitrogen and oxygen atoms in total. The third-order valence-electron chi connectivity index (χ3n) is 6.56. The van der Waals surface area contributed by atoms with Gasteiger partial charge in [0, 0.05) is 35.4 Å². The summed E-state index contributed by atoms with van der Waals surface area (Å²) in [7, 11) is 0. The van der Waals surface area contributed by atoms with Gasteiger partial charge in [0.05, 0.1) is 0 Å². The molecule has 0 saturated carbocycles. The maximum Gasteiger partial charge on any atom is 0.163 e. The molecule has 228 valence electrons. The van der Waals surface area contributed by atoms with Crippen molar-refractivity contribution in [2.24, 2.45) is 0 Å². The molecule has 0 fully saturated rings. The fourth-order valence-electron chi connectivity index (χ4n) is 4.45. The van der Waals surface area contributed by atoms with E-state index in [1.165, 1.54) is 24.3 Å². The van der Waals surface area contributed by atoms with Gasteiger partial charge in [0.2, 0.25) is 0 Å². The maximum absolute atomic E-state index is 13.4. The molecule has 4 aromatic carbocycles. The second-order valence-corrected chi connectivity index (χ2v) is 10.0. The number of hydrogen-bond donors (Lipinski definition) is 0. The largest absolute Gasteiger partial charge is 0.489 e. The van der Waals surface area contributed by atoms with E-state index in [-0.39, 0.29) is 26.4 Å². The smallest absolute Gasteiger partial charge is 0.163 e. The lowest BCUT2D eigenvalue weighted by molar-refractivity contribution is 0.0727. The highest BCUT2D eigenvalue weighted by Crippen LogP contribution is 2.25. The average Bonchev–Trinajstić information content (AvgIpc) is 3.69. The summed E-state index contributed by atoms with van der Waals surface area (Å²) in [6.45, 7) is 0.346. The summed E-state index contributed by atoms with van der Waals surface area (Å²) >= 11 is 0. The Morgan fingerprint density at radius 3 is 1.22 bits per heavy atom. The molecule has 2 heterocycles. The summed E-state index contributed by atoms with van der Waals surface area (Å²) in [6, 6.07) is 24.1. The Labute approximate surface area is 254 Å². The Kier molecular flexibility index (Phi) is 8.88. The molecule has 0 unspecified atom stereocenters. The number of halogens is 4. The van der Waals surface area contributed by atoms with Crippen LogP contribution in [0.25, 0.3) is 22.5 Å². The van der Waals surface area contributed by atoms with Crippen LogP contribution in [-0.4, -0.2) is 10.3 Å². The lowest BCUT2D eigenvalue weighted by Gasteiger charge is -2.07. The van der Waals surface area contributed by atoms with E-state index in [1.54, 1.807) is 60.7 Å². The van der Waals surface area contributed by atoms with E-state index in [4.69, 9.17) is 23.3 Å². The van der Waals surface area contributed by atoms with Gasteiger partial charge in [-0.05, 0) is 83.9 Å². The van der Waals surface area contributed by atoms with Crippen LogP contribution in [0.1, 0.15) is 22.6 Å². The highest BCUT2D eigenvalue weighted by atomic mass is 19.1. The molecule has 6 rings (SSSR count). The van der Waals surface area contributed by atoms with E-state index < -0.39 is 23.3 Å². The van der Waals surface area contributed by atoms with Crippen LogP contribution in [0.4, 0.5) is 17.6 Å². The zero-order valence-corrected chi connectivity index (χ0v) is 23.5. The van der Waals surface area contributed by atoms with Gasteiger partial charge in [-0.15, -0.1) is 0 Å². The normalized spacial score (nSPS) is 11.1. The zero-order valence-electron chi connectivity index (χ0n) is 23.5. The van der Waals surface area contributed by atoms with Crippen molar-refractivity contribution in [2.45, 2.75) is 26.4 Å². The van der Waals surface area contributed by atoms with Crippen LogP contribution in [-0.2, 0) is 31.2 Å². The molecule has 0 bridgehead atoms. The van der Waals surface area contributed by atoms with Crippen molar-refractivity contribution < 1.29 is 40.8 Å². The zero-order chi connectivity index (χ0) is 31.2. The monoisotopic (exact) mass is 616 g/mol. The van der Waals surface area contributed by atoms with E-state index in [9.17, 15) is 17.6 Å². The van der Waals surface area contributed by atoms with Crippen LogP contribution in [0.15, 0.2) is 106 Å². The van der Waals surface area contributed by atoms with Crippen molar-refractivity contribution in [2.75, 3.05) is 0 Å². The molecule has 0 N–H and O–H groups in total. The summed E-state index contributed by atoms with van der Waals surface area (Å²) in [5, 5.41) is 8.17. The molecular weight excluding hydrogens is 592 g/mol. The van der Waals surface area contributed by atoms with E-state index in [2.05, 4.69) is 10.3 Å². The molecule has 45 heavy (non-hydrogen) atoms. The molecule has 0 radical (unpaired) electrons. The van der Waals surface area contributed by atoms with Crippen molar-refractivity contribution in [1.82, 2.24) is 10.3 Å². The number of aromatic nitrogens is 2. The minimum atomic E-state index is -0.657. The van der Waals surface area contributed by atoms with Crippen LogP contribution in [0.2, 0.25) is 0 Å². The second kappa shape index (κ2) is 13.5. The molecule has 11 heteroatoms. The van der Waals surface area contributed by atoms with E-state index >= 15 is 0 Å². The Morgan fingerprint density at radius 2 is 0.844 bits per heavy atom. The molecule has 0 saturated heterocycles. The molecule has 0 aliphatic carbocycles. The van der Waals surface area contributed by atoms with Gasteiger partial charge in [-0.3, -0.25) is 0 Å². The molecule has 0 aliphatic rings. The Bertz CT molecular complexity index is 1710. The first-order valence-corrected chi connectivity index (χ1v) is 13.7. The summed E-state index contributed by atoms with van der Waals surface area (Å²) in [4.78, 5) is 0. The fraction of sp³-hybridized carbons (Fsp3) is 0.118. The van der Waals surface area contributed by atoms with Gasteiger partial charge < -0.3 is 23.3 Å². The highest BCUT2D eigenvalue weighted by Gasteiger charge is 2.11. The van der Waals surface area contributed by atoms with Crippen LogP contribution in [0.3, 0.4) is 0 Å². The SMILES string of the molecule is Fc1cc(F)cc(COc2ccc(-c3cc(COCc4cc(-c5ccc(OCc6cc(F)cc(F)c6)cc5)no4)on3)cc2)c1. The van der Waals surface area contributed by atoms with Gasteiger partial charge in [0.1, 0.15) is 72.6 Å². The first kappa shape index (κ1) is 29.6. The minimum absolute atomic E-state index is 0.0246. The van der Waals surface area contributed by atoms with E-state index in [0.717, 1.165) is 23.3 Å². The fourth-order valence-corrected chi connectivity index (χ4v) is 4.45. The number of benzene rings is 4. The predicted octanol–water partition coefficient (Wildman–Crippen LogP) is 8.43. The van der Waals surface area contributed by atoms with Gasteiger partial charge >= 0.3 is 0 Å². The first-order chi connectivity index (χ1) is 21.9. The Hall–Kier alpha value is -5.42. The Balaban J connectivity index is 0.964. The van der Waals surface area contributed by atoms with Crippen molar-refractivity contribution in [3.05, 3.63) is 143 Å². The molecule has 0 aliphatic heterocycles. The number of rotatable bonds is 12. The predicted molar refractivity (Wildman–Crippen MR) is 154 cm³/mol. The van der Waals surface area contributed by atoms with Crippen LogP contribution in [0, 0.1) is 23.3 Å². The summed E-state index contributed by atoms with van der Waals surface area (Å²) in [5.74, 6) is -0.544. The van der Waals surface area contributed by atoms with Crippen molar-refractivity contribution >= 4 is 0 Å². The maximum atomic E-state index is 13.4. The molecular formula is C34H24F4N2O5. The van der Waals surface area contributed by atoms with Crippen LogP contribution >= 0.6 is 0 Å². The molecule has 0 amide bonds. The topological polar surface area (TPSA) is 79.8 Å². The van der Waals surface area contributed by atoms with Crippen molar-refractivity contribution in [3.63, 3.8) is 0 Å².